The van der Waals surface area contributed by atoms with Crippen molar-refractivity contribution in [1.82, 2.24) is 0 Å². The van der Waals surface area contributed by atoms with E-state index in [1.54, 1.807) is 0 Å². The van der Waals surface area contributed by atoms with Crippen molar-refractivity contribution in [2.45, 2.75) is 84.6 Å². The van der Waals surface area contributed by atoms with Gasteiger partial charge < -0.3 is 5.11 Å². The number of rotatable bonds is 10. The summed E-state index contributed by atoms with van der Waals surface area (Å²) in [4.78, 5) is 0. The van der Waals surface area contributed by atoms with Gasteiger partial charge in [0.1, 0.15) is 0 Å². The summed E-state index contributed by atoms with van der Waals surface area (Å²) in [6.07, 6.45) is 7.48. The molecule has 0 aliphatic heterocycles. The smallest absolute Gasteiger partial charge is 0.0734 e. The maximum atomic E-state index is 9.82. The normalized spacial score (nSPS) is 18.6. The Labute approximate surface area is 110 Å². The third-order valence-electron chi connectivity index (χ3n) is 4.02. The molecule has 0 aromatic carbocycles. The minimum atomic E-state index is -0.306. The largest absolute Gasteiger partial charge is 0.394 e. The fraction of sp³-hybridized carbons (Fsp3) is 1.00. The van der Waals surface area contributed by atoms with Crippen molar-refractivity contribution in [1.29, 1.82) is 0 Å². The predicted octanol–water partition coefficient (Wildman–Crippen LogP) is 4.35. The van der Waals surface area contributed by atoms with Crippen molar-refractivity contribution in [2.24, 2.45) is 11.8 Å². The van der Waals surface area contributed by atoms with Crippen LogP contribution in [0.4, 0.5) is 0 Å². The first-order valence-corrected chi connectivity index (χ1v) is 7.50. The van der Waals surface area contributed by atoms with E-state index in [0.29, 0.717) is 0 Å². The van der Waals surface area contributed by atoms with Gasteiger partial charge in [-0.1, -0.05) is 72.0 Å². The molecular formula is C15H31BO. The van der Waals surface area contributed by atoms with Crippen LogP contribution in [-0.4, -0.2) is 19.1 Å². The molecule has 0 bridgehead atoms. The highest BCUT2D eigenvalue weighted by atomic mass is 16.3. The van der Waals surface area contributed by atoms with Gasteiger partial charge in [-0.25, -0.2) is 0 Å². The van der Waals surface area contributed by atoms with Crippen molar-refractivity contribution in [3.63, 3.8) is 0 Å². The zero-order valence-electron chi connectivity index (χ0n) is 12.3. The van der Waals surface area contributed by atoms with Crippen LogP contribution in [0.15, 0.2) is 0 Å². The fourth-order valence-electron chi connectivity index (χ4n) is 2.69. The fourth-order valence-corrected chi connectivity index (χ4v) is 2.69. The topological polar surface area (TPSA) is 20.2 Å². The Kier molecular flexibility index (Phi) is 10.0. The van der Waals surface area contributed by atoms with Crippen LogP contribution in [0.2, 0.25) is 5.82 Å². The van der Waals surface area contributed by atoms with E-state index in [4.69, 9.17) is 7.85 Å². The Morgan fingerprint density at radius 1 is 0.941 bits per heavy atom. The van der Waals surface area contributed by atoms with Gasteiger partial charge in [-0.15, -0.1) is 0 Å². The molecule has 4 atom stereocenters. The van der Waals surface area contributed by atoms with E-state index in [1.807, 2.05) is 0 Å². The van der Waals surface area contributed by atoms with Crippen molar-refractivity contribution >= 4 is 7.85 Å². The van der Waals surface area contributed by atoms with Gasteiger partial charge in [0, 0.05) is 6.10 Å². The molecule has 17 heavy (non-hydrogen) atoms. The second kappa shape index (κ2) is 9.99. The lowest BCUT2D eigenvalue weighted by atomic mass is 9.74. The predicted molar refractivity (Wildman–Crippen MR) is 77.5 cm³/mol. The molecule has 2 heteroatoms. The SMILES string of the molecule is [B][C@H](CCC(CC)C(C)CCC)C(O)CCC. The third-order valence-corrected chi connectivity index (χ3v) is 4.02. The van der Waals surface area contributed by atoms with E-state index in [0.717, 1.165) is 31.1 Å². The summed E-state index contributed by atoms with van der Waals surface area (Å²) in [5.41, 5.74) is 0. The molecule has 0 heterocycles. The van der Waals surface area contributed by atoms with Crippen molar-refractivity contribution in [3.8, 4) is 0 Å². The van der Waals surface area contributed by atoms with Crippen LogP contribution in [0, 0.1) is 11.8 Å². The highest BCUT2D eigenvalue weighted by Gasteiger charge is 2.18. The average Bonchev–Trinajstić information content (AvgIpc) is 2.30. The summed E-state index contributed by atoms with van der Waals surface area (Å²) < 4.78 is 0. The van der Waals surface area contributed by atoms with Gasteiger partial charge in [0.05, 0.1) is 7.85 Å². The molecule has 0 saturated heterocycles. The van der Waals surface area contributed by atoms with Gasteiger partial charge in [-0.3, -0.25) is 0 Å². The lowest BCUT2D eigenvalue weighted by Gasteiger charge is -2.25. The maximum absolute atomic E-state index is 9.82. The Balaban J connectivity index is 3.96. The molecule has 3 unspecified atom stereocenters. The molecule has 0 aliphatic rings. The summed E-state index contributed by atoms with van der Waals surface area (Å²) in [6.45, 7) is 8.96. The molecule has 0 rings (SSSR count). The van der Waals surface area contributed by atoms with Gasteiger partial charge >= 0.3 is 0 Å². The second-order valence-corrected chi connectivity index (χ2v) is 5.53. The summed E-state index contributed by atoms with van der Waals surface area (Å²) in [6, 6.07) is 0. The molecule has 1 N–H and O–H groups in total. The zero-order chi connectivity index (χ0) is 13.3. The quantitative estimate of drug-likeness (QED) is 0.561. The van der Waals surface area contributed by atoms with Crippen molar-refractivity contribution < 1.29 is 5.11 Å². The Morgan fingerprint density at radius 3 is 2.00 bits per heavy atom. The van der Waals surface area contributed by atoms with Gasteiger partial charge in [-0.2, -0.15) is 0 Å². The molecule has 100 valence electrons. The molecule has 0 spiro atoms. The summed E-state index contributed by atoms with van der Waals surface area (Å²) in [5.74, 6) is 1.54. The summed E-state index contributed by atoms with van der Waals surface area (Å²) in [5, 5.41) is 9.82. The monoisotopic (exact) mass is 238 g/mol. The van der Waals surface area contributed by atoms with E-state index in [9.17, 15) is 5.11 Å². The van der Waals surface area contributed by atoms with Crippen LogP contribution in [0.3, 0.4) is 0 Å². The van der Waals surface area contributed by atoms with Crippen molar-refractivity contribution in [2.75, 3.05) is 0 Å². The van der Waals surface area contributed by atoms with Crippen LogP contribution < -0.4 is 0 Å². The summed E-state index contributed by atoms with van der Waals surface area (Å²) >= 11 is 0. The lowest BCUT2D eigenvalue weighted by Crippen LogP contribution is -2.18. The van der Waals surface area contributed by atoms with E-state index in [1.165, 1.54) is 25.7 Å². The van der Waals surface area contributed by atoms with Crippen LogP contribution in [0.5, 0.6) is 0 Å². The highest BCUT2D eigenvalue weighted by Crippen LogP contribution is 2.29. The van der Waals surface area contributed by atoms with Crippen LogP contribution in [-0.2, 0) is 0 Å². The standard InChI is InChI=1S/C15H31BO/c1-5-8-12(4)13(7-3)10-11-14(16)15(17)9-6-2/h12-15,17H,5-11H2,1-4H3/t12?,13?,14-,15?/m1/s1. The average molecular weight is 238 g/mol. The molecule has 0 aliphatic carbocycles. The minimum Gasteiger partial charge on any atom is -0.394 e. The van der Waals surface area contributed by atoms with Crippen LogP contribution in [0.25, 0.3) is 0 Å². The Hall–Kier alpha value is 0.0249. The molecular weight excluding hydrogens is 207 g/mol. The summed E-state index contributed by atoms with van der Waals surface area (Å²) in [7, 11) is 6.03. The van der Waals surface area contributed by atoms with Crippen LogP contribution >= 0.6 is 0 Å². The first-order chi connectivity index (χ1) is 8.06. The lowest BCUT2D eigenvalue weighted by molar-refractivity contribution is 0.146. The maximum Gasteiger partial charge on any atom is 0.0734 e. The highest BCUT2D eigenvalue weighted by molar-refractivity contribution is 6.12. The minimum absolute atomic E-state index is 0.0298. The molecule has 0 aromatic heterocycles. The zero-order valence-corrected chi connectivity index (χ0v) is 12.3. The third kappa shape index (κ3) is 7.13. The van der Waals surface area contributed by atoms with E-state index < -0.39 is 0 Å². The number of hydrogen-bond acceptors (Lipinski definition) is 1. The molecule has 2 radical (unpaired) electrons. The molecule has 1 nitrogen and oxygen atoms in total. The van der Waals surface area contributed by atoms with Gasteiger partial charge in [0.25, 0.3) is 0 Å². The van der Waals surface area contributed by atoms with Crippen LogP contribution in [0.1, 0.15) is 72.6 Å². The second-order valence-electron chi connectivity index (χ2n) is 5.53. The Bertz CT molecular complexity index is 172. The molecule has 0 fully saturated rings. The Morgan fingerprint density at radius 2 is 1.53 bits per heavy atom. The van der Waals surface area contributed by atoms with E-state index in [2.05, 4.69) is 27.7 Å². The number of aliphatic hydroxyl groups is 1. The van der Waals surface area contributed by atoms with Gasteiger partial charge in [-0.05, 0) is 18.3 Å². The molecule has 0 saturated carbocycles. The van der Waals surface area contributed by atoms with E-state index in [-0.39, 0.29) is 11.9 Å². The van der Waals surface area contributed by atoms with Gasteiger partial charge in [0.2, 0.25) is 0 Å². The van der Waals surface area contributed by atoms with Crippen molar-refractivity contribution in [3.05, 3.63) is 0 Å². The van der Waals surface area contributed by atoms with E-state index >= 15 is 0 Å². The molecule has 0 amide bonds. The number of hydrogen-bond donors (Lipinski definition) is 1. The number of aliphatic hydroxyl groups excluding tert-OH is 1. The van der Waals surface area contributed by atoms with Gasteiger partial charge in [0.15, 0.2) is 0 Å². The first kappa shape index (κ1) is 17.0. The molecule has 0 aromatic rings. The first-order valence-electron chi connectivity index (χ1n) is 7.50.